The van der Waals surface area contributed by atoms with Crippen LogP contribution in [-0.4, -0.2) is 18.2 Å². The van der Waals surface area contributed by atoms with E-state index in [2.05, 4.69) is 222 Å². The van der Waals surface area contributed by atoms with Crippen molar-refractivity contribution in [2.75, 3.05) is 16.8 Å². The summed E-state index contributed by atoms with van der Waals surface area (Å²) in [5, 5.41) is 5.37. The average molecular weight is 802 g/mol. The van der Waals surface area contributed by atoms with Crippen molar-refractivity contribution in [3.05, 3.63) is 125 Å². The molecule has 0 atom stereocenters. The summed E-state index contributed by atoms with van der Waals surface area (Å²) < 4.78 is 2.62. The Morgan fingerprint density at radius 3 is 1.28 bits per heavy atom. The Morgan fingerprint density at radius 2 is 0.803 bits per heavy atom. The van der Waals surface area contributed by atoms with Gasteiger partial charge in [-0.25, -0.2) is 0 Å². The van der Waals surface area contributed by atoms with Crippen LogP contribution in [0.5, 0.6) is 0 Å². The lowest BCUT2D eigenvalue weighted by molar-refractivity contribution is 0.590. The normalized spacial score (nSPS) is 14.8. The molecule has 0 radical (unpaired) electrons. The van der Waals surface area contributed by atoms with Gasteiger partial charge < -0.3 is 14.2 Å². The van der Waals surface area contributed by atoms with E-state index in [4.69, 9.17) is 0 Å². The van der Waals surface area contributed by atoms with Gasteiger partial charge in [-0.3, -0.25) is 0 Å². The number of hydrogen-bond donors (Lipinski definition) is 0. The molecule has 310 valence electrons. The van der Waals surface area contributed by atoms with Gasteiger partial charge in [0.05, 0.1) is 22.2 Å². The summed E-state index contributed by atoms with van der Waals surface area (Å²) in [4.78, 5) is 5.22. The molecule has 6 aromatic carbocycles. The van der Waals surface area contributed by atoms with Crippen molar-refractivity contribution < 1.29 is 0 Å². The van der Waals surface area contributed by atoms with E-state index in [0.717, 1.165) is 0 Å². The summed E-state index contributed by atoms with van der Waals surface area (Å²) >= 11 is 0. The minimum Gasteiger partial charge on any atom is -0.345 e. The molecule has 0 aliphatic carbocycles. The van der Waals surface area contributed by atoms with Crippen molar-refractivity contribution in [2.45, 2.75) is 131 Å². The number of anilines is 5. The zero-order valence-electron chi connectivity index (χ0n) is 39.7. The second-order valence-electron chi connectivity index (χ2n) is 23.7. The first-order chi connectivity index (χ1) is 28.4. The first-order valence-corrected chi connectivity index (χ1v) is 22.6. The Balaban J connectivity index is 1.48. The molecule has 4 heteroatoms. The summed E-state index contributed by atoms with van der Waals surface area (Å²) in [7, 11) is 2.34. The molecule has 3 nitrogen and oxygen atoms in total. The molecule has 0 amide bonds. The zero-order valence-corrected chi connectivity index (χ0v) is 39.7. The predicted octanol–water partition coefficient (Wildman–Crippen LogP) is 13.7. The molecule has 2 aliphatic heterocycles. The van der Waals surface area contributed by atoms with E-state index in [0.29, 0.717) is 0 Å². The van der Waals surface area contributed by atoms with Crippen molar-refractivity contribution in [1.29, 1.82) is 0 Å². The molecule has 0 fully saturated rings. The molecule has 0 unspecified atom stereocenters. The maximum atomic E-state index is 2.66. The molecule has 2 aromatic heterocycles. The molecule has 61 heavy (non-hydrogen) atoms. The first-order valence-electron chi connectivity index (χ1n) is 22.6. The minimum atomic E-state index is -0.0179. The maximum Gasteiger partial charge on any atom is 0.252 e. The van der Waals surface area contributed by atoms with Crippen LogP contribution in [0.2, 0.25) is 0 Å². The Labute approximate surface area is 365 Å². The molecule has 4 heterocycles. The fraction of sp³-hybridized carbons (Fsp3) is 0.368. The zero-order chi connectivity index (χ0) is 43.7. The van der Waals surface area contributed by atoms with E-state index in [9.17, 15) is 0 Å². The van der Waals surface area contributed by atoms with E-state index in [1.807, 2.05) is 0 Å². The fourth-order valence-electron chi connectivity index (χ4n) is 10.6. The van der Waals surface area contributed by atoms with Gasteiger partial charge in [0.15, 0.2) is 0 Å². The summed E-state index contributed by atoms with van der Waals surface area (Å²) in [5.41, 5.74) is 21.3. The lowest BCUT2D eigenvalue weighted by atomic mass is 9.33. The van der Waals surface area contributed by atoms with Crippen LogP contribution in [0.25, 0.3) is 38.1 Å². The summed E-state index contributed by atoms with van der Waals surface area (Å²) in [6, 6.07) is 38.9. The Bertz CT molecular complexity index is 3110. The number of benzene rings is 6. The van der Waals surface area contributed by atoms with E-state index < -0.39 is 0 Å². The number of fused-ring (bicyclic) bond motifs is 12. The SMILES string of the molecule is CN1c2ccc(C(C)(C)C)cc2B2c3cc(C(C)(C)C)ccc3N(c3ccc(C(C)(C)C)cc3)c3c2c1c1c2cc(C(C)(C)C)ccc2n2c4ccc(C(C)(C)C)cc4c3c12. The number of nitrogens with zero attached hydrogens (tertiary/aromatic N) is 3. The van der Waals surface area contributed by atoms with Gasteiger partial charge in [-0.15, -0.1) is 0 Å². The highest BCUT2D eigenvalue weighted by Crippen LogP contribution is 2.54. The molecular formula is C57H64BN3. The molecule has 10 rings (SSSR count). The Kier molecular flexibility index (Phi) is 8.15. The highest BCUT2D eigenvalue weighted by molar-refractivity contribution is 7.01. The quantitative estimate of drug-likeness (QED) is 0.153. The molecule has 0 saturated heterocycles. The van der Waals surface area contributed by atoms with Gasteiger partial charge in [-0.2, -0.15) is 0 Å². The maximum absolute atomic E-state index is 2.66. The smallest absolute Gasteiger partial charge is 0.252 e. The Hall–Kier alpha value is -5.22. The standard InChI is InChI=1S/C57H64BN3/c1-53(2,3)33-17-23-38(24-18-33)60-46-28-22-37(57(13,14)15)32-42(46)58-41-31-36(56(10,11)12)21-27-45(41)59(16)51-47-39-29-34(54(4,5)6)19-25-43(39)61-44-26-20-35(55(7,8)9)30-40(44)48(50(47)61)52(60)49(51)58/h17-32H,1-16H3. The van der Waals surface area contributed by atoms with Crippen LogP contribution in [-0.2, 0) is 27.1 Å². The predicted molar refractivity (Wildman–Crippen MR) is 268 cm³/mol. The van der Waals surface area contributed by atoms with E-state index >= 15 is 0 Å². The van der Waals surface area contributed by atoms with Crippen LogP contribution in [0.4, 0.5) is 28.4 Å². The molecule has 0 saturated carbocycles. The molecule has 0 N–H and O–H groups in total. The number of aromatic nitrogens is 1. The van der Waals surface area contributed by atoms with Crippen molar-refractivity contribution in [1.82, 2.24) is 4.40 Å². The van der Waals surface area contributed by atoms with Crippen LogP contribution in [0.3, 0.4) is 0 Å². The van der Waals surface area contributed by atoms with Gasteiger partial charge in [-0.05, 0) is 120 Å². The van der Waals surface area contributed by atoms with Gasteiger partial charge in [0.2, 0.25) is 0 Å². The third-order valence-corrected chi connectivity index (χ3v) is 14.3. The second kappa shape index (κ2) is 12.5. The van der Waals surface area contributed by atoms with E-state index in [-0.39, 0.29) is 33.8 Å². The topological polar surface area (TPSA) is 10.9 Å². The van der Waals surface area contributed by atoms with Gasteiger partial charge in [0.25, 0.3) is 6.71 Å². The molecule has 2 aliphatic rings. The summed E-state index contributed by atoms with van der Waals surface area (Å²) in [5.74, 6) is 0. The van der Waals surface area contributed by atoms with E-state index in [1.165, 1.54) is 111 Å². The average Bonchev–Trinajstić information content (AvgIpc) is 3.68. The molecule has 0 bridgehead atoms. The van der Waals surface area contributed by atoms with Crippen LogP contribution >= 0.6 is 0 Å². The van der Waals surface area contributed by atoms with E-state index in [1.54, 1.807) is 0 Å². The number of rotatable bonds is 1. The third-order valence-electron chi connectivity index (χ3n) is 14.3. The van der Waals surface area contributed by atoms with Crippen molar-refractivity contribution in [2.24, 2.45) is 0 Å². The van der Waals surface area contributed by atoms with Gasteiger partial charge >= 0.3 is 0 Å². The third kappa shape index (κ3) is 5.76. The minimum absolute atomic E-state index is 0.000589. The largest absolute Gasteiger partial charge is 0.345 e. The lowest BCUT2D eigenvalue weighted by Gasteiger charge is -2.44. The highest BCUT2D eigenvalue weighted by Gasteiger charge is 2.46. The summed E-state index contributed by atoms with van der Waals surface area (Å²) in [6.07, 6.45) is 0. The monoisotopic (exact) mass is 802 g/mol. The van der Waals surface area contributed by atoms with Gasteiger partial charge in [0.1, 0.15) is 0 Å². The van der Waals surface area contributed by atoms with Crippen LogP contribution in [0, 0.1) is 0 Å². The van der Waals surface area contributed by atoms with Crippen LogP contribution < -0.4 is 26.2 Å². The van der Waals surface area contributed by atoms with Crippen LogP contribution in [0.15, 0.2) is 97.1 Å². The molecule has 0 spiro atoms. The second-order valence-corrected chi connectivity index (χ2v) is 23.7. The lowest BCUT2D eigenvalue weighted by Crippen LogP contribution is -2.62. The van der Waals surface area contributed by atoms with Gasteiger partial charge in [-0.1, -0.05) is 152 Å². The molecule has 8 aromatic rings. The summed E-state index contributed by atoms with van der Waals surface area (Å²) in [6.45, 7) is 35.2. The van der Waals surface area contributed by atoms with Crippen molar-refractivity contribution in [3.63, 3.8) is 0 Å². The van der Waals surface area contributed by atoms with Gasteiger partial charge in [0, 0.05) is 51.3 Å². The number of hydrogen-bond acceptors (Lipinski definition) is 2. The first kappa shape index (κ1) is 39.9. The highest BCUT2D eigenvalue weighted by atomic mass is 15.2. The molecular weight excluding hydrogens is 737 g/mol. The van der Waals surface area contributed by atoms with Crippen LogP contribution in [0.1, 0.15) is 132 Å². The van der Waals surface area contributed by atoms with Crippen molar-refractivity contribution >= 4 is 89.6 Å². The Morgan fingerprint density at radius 1 is 0.410 bits per heavy atom. The van der Waals surface area contributed by atoms with Crippen molar-refractivity contribution in [3.8, 4) is 0 Å². The fourth-order valence-corrected chi connectivity index (χ4v) is 10.6.